The molecule has 0 aliphatic carbocycles. The molecule has 0 bridgehead atoms. The number of aromatic nitrogens is 4. The molecule has 0 aliphatic rings. The standard InChI is InChI=1S/C13H12N4/c1-2-12-15-16-13-14-11(8-9-17(12)13)10-6-4-3-5-7-10/h3-9H,2H2,1H3. The average molecular weight is 224 g/mol. The summed E-state index contributed by atoms with van der Waals surface area (Å²) in [4.78, 5) is 4.50. The Morgan fingerprint density at radius 2 is 1.88 bits per heavy atom. The van der Waals surface area contributed by atoms with Gasteiger partial charge in [0, 0.05) is 18.2 Å². The topological polar surface area (TPSA) is 43.1 Å². The van der Waals surface area contributed by atoms with E-state index in [-0.39, 0.29) is 0 Å². The molecule has 0 atom stereocenters. The first-order valence-corrected chi connectivity index (χ1v) is 5.64. The zero-order chi connectivity index (χ0) is 11.7. The number of aryl methyl sites for hydroxylation is 1. The van der Waals surface area contributed by atoms with Crippen LogP contribution in [0.15, 0.2) is 42.6 Å². The van der Waals surface area contributed by atoms with Crippen molar-refractivity contribution in [2.75, 3.05) is 0 Å². The van der Waals surface area contributed by atoms with E-state index < -0.39 is 0 Å². The molecule has 0 unspecified atom stereocenters. The molecule has 0 amide bonds. The second-order valence-electron chi connectivity index (χ2n) is 3.82. The fourth-order valence-corrected chi connectivity index (χ4v) is 1.84. The van der Waals surface area contributed by atoms with Crippen LogP contribution < -0.4 is 0 Å². The summed E-state index contributed by atoms with van der Waals surface area (Å²) in [5.41, 5.74) is 2.02. The quantitative estimate of drug-likeness (QED) is 0.671. The molecule has 3 rings (SSSR count). The Morgan fingerprint density at radius 1 is 1.06 bits per heavy atom. The van der Waals surface area contributed by atoms with E-state index in [9.17, 15) is 0 Å². The summed E-state index contributed by atoms with van der Waals surface area (Å²) in [6, 6.07) is 12.1. The van der Waals surface area contributed by atoms with Crippen LogP contribution in [0.4, 0.5) is 0 Å². The van der Waals surface area contributed by atoms with Gasteiger partial charge in [-0.15, -0.1) is 10.2 Å². The number of fused-ring (bicyclic) bond motifs is 1. The van der Waals surface area contributed by atoms with E-state index in [1.54, 1.807) is 0 Å². The van der Waals surface area contributed by atoms with Gasteiger partial charge < -0.3 is 0 Å². The van der Waals surface area contributed by atoms with Crippen LogP contribution in [0.3, 0.4) is 0 Å². The van der Waals surface area contributed by atoms with Crippen LogP contribution in [0.5, 0.6) is 0 Å². The molecule has 2 aromatic heterocycles. The molecule has 4 heteroatoms. The molecule has 84 valence electrons. The average Bonchev–Trinajstić information content (AvgIpc) is 2.81. The molecule has 0 N–H and O–H groups in total. The van der Waals surface area contributed by atoms with E-state index in [2.05, 4.69) is 22.1 Å². The third-order valence-electron chi connectivity index (χ3n) is 2.74. The molecule has 2 heterocycles. The van der Waals surface area contributed by atoms with Gasteiger partial charge in [0.1, 0.15) is 5.82 Å². The van der Waals surface area contributed by atoms with E-state index in [1.807, 2.05) is 47.0 Å². The van der Waals surface area contributed by atoms with Crippen molar-refractivity contribution >= 4 is 5.78 Å². The first-order valence-electron chi connectivity index (χ1n) is 5.64. The molecule has 0 saturated carbocycles. The highest BCUT2D eigenvalue weighted by Gasteiger charge is 2.06. The van der Waals surface area contributed by atoms with E-state index in [1.165, 1.54) is 0 Å². The van der Waals surface area contributed by atoms with Crippen molar-refractivity contribution in [3.8, 4) is 11.3 Å². The second kappa shape index (κ2) is 3.97. The molecular formula is C13H12N4. The Labute approximate surface area is 99.0 Å². The predicted molar refractivity (Wildman–Crippen MR) is 65.6 cm³/mol. The van der Waals surface area contributed by atoms with Crippen molar-refractivity contribution in [3.05, 3.63) is 48.4 Å². The van der Waals surface area contributed by atoms with Crippen LogP contribution in [-0.2, 0) is 6.42 Å². The zero-order valence-electron chi connectivity index (χ0n) is 9.54. The fourth-order valence-electron chi connectivity index (χ4n) is 1.84. The van der Waals surface area contributed by atoms with Gasteiger partial charge in [-0.1, -0.05) is 37.3 Å². The van der Waals surface area contributed by atoms with Crippen LogP contribution in [0.2, 0.25) is 0 Å². The van der Waals surface area contributed by atoms with Crippen molar-refractivity contribution in [1.82, 2.24) is 19.6 Å². The summed E-state index contributed by atoms with van der Waals surface area (Å²) >= 11 is 0. The number of rotatable bonds is 2. The van der Waals surface area contributed by atoms with Crippen molar-refractivity contribution in [2.24, 2.45) is 0 Å². The minimum atomic E-state index is 0.656. The first-order chi connectivity index (χ1) is 8.38. The number of hydrogen-bond donors (Lipinski definition) is 0. The number of nitrogens with zero attached hydrogens (tertiary/aromatic N) is 4. The van der Waals surface area contributed by atoms with Gasteiger partial charge in [0.05, 0.1) is 5.69 Å². The summed E-state index contributed by atoms with van der Waals surface area (Å²) in [6.45, 7) is 2.06. The maximum atomic E-state index is 4.50. The van der Waals surface area contributed by atoms with Crippen molar-refractivity contribution in [3.63, 3.8) is 0 Å². The molecule has 0 radical (unpaired) electrons. The van der Waals surface area contributed by atoms with Crippen molar-refractivity contribution in [2.45, 2.75) is 13.3 Å². The molecular weight excluding hydrogens is 212 g/mol. The summed E-state index contributed by atoms with van der Waals surface area (Å²) in [7, 11) is 0. The zero-order valence-corrected chi connectivity index (χ0v) is 9.54. The Bertz CT molecular complexity index is 643. The van der Waals surface area contributed by atoms with Crippen LogP contribution in [0.1, 0.15) is 12.7 Å². The third kappa shape index (κ3) is 1.67. The minimum absolute atomic E-state index is 0.656. The lowest BCUT2D eigenvalue weighted by Crippen LogP contribution is -1.94. The summed E-state index contributed by atoms with van der Waals surface area (Å²) in [5.74, 6) is 1.59. The largest absolute Gasteiger partial charge is 0.270 e. The smallest absolute Gasteiger partial charge is 0.255 e. The maximum Gasteiger partial charge on any atom is 0.255 e. The minimum Gasteiger partial charge on any atom is -0.270 e. The molecule has 0 aliphatic heterocycles. The van der Waals surface area contributed by atoms with Gasteiger partial charge in [-0.05, 0) is 6.07 Å². The summed E-state index contributed by atoms with van der Waals surface area (Å²) < 4.78 is 1.92. The van der Waals surface area contributed by atoms with Crippen LogP contribution in [0.25, 0.3) is 17.0 Å². The number of hydrogen-bond acceptors (Lipinski definition) is 3. The fraction of sp³-hybridized carbons (Fsp3) is 0.154. The molecule has 3 aromatic rings. The predicted octanol–water partition coefficient (Wildman–Crippen LogP) is 2.35. The lowest BCUT2D eigenvalue weighted by molar-refractivity contribution is 0.908. The van der Waals surface area contributed by atoms with Crippen LogP contribution in [0, 0.1) is 0 Å². The lowest BCUT2D eigenvalue weighted by Gasteiger charge is -2.01. The Hall–Kier alpha value is -2.23. The van der Waals surface area contributed by atoms with Gasteiger partial charge in [0.2, 0.25) is 0 Å². The number of benzene rings is 1. The molecule has 0 saturated heterocycles. The Kier molecular flexibility index (Phi) is 2.33. The third-order valence-corrected chi connectivity index (χ3v) is 2.74. The highest BCUT2D eigenvalue weighted by Crippen LogP contribution is 2.16. The monoisotopic (exact) mass is 224 g/mol. The van der Waals surface area contributed by atoms with Gasteiger partial charge in [0.15, 0.2) is 0 Å². The highest BCUT2D eigenvalue weighted by atomic mass is 15.3. The van der Waals surface area contributed by atoms with Gasteiger partial charge in [-0.25, -0.2) is 4.98 Å². The van der Waals surface area contributed by atoms with Gasteiger partial charge in [-0.3, -0.25) is 4.40 Å². The molecule has 0 fully saturated rings. The molecule has 4 nitrogen and oxygen atoms in total. The molecule has 0 spiro atoms. The van der Waals surface area contributed by atoms with Gasteiger partial charge in [0.25, 0.3) is 5.78 Å². The van der Waals surface area contributed by atoms with E-state index in [4.69, 9.17) is 0 Å². The van der Waals surface area contributed by atoms with Crippen molar-refractivity contribution in [1.29, 1.82) is 0 Å². The van der Waals surface area contributed by atoms with E-state index >= 15 is 0 Å². The van der Waals surface area contributed by atoms with Crippen LogP contribution >= 0.6 is 0 Å². The SMILES string of the molecule is CCc1nnc2nc(-c3ccccc3)ccn12. The Morgan fingerprint density at radius 3 is 2.65 bits per heavy atom. The van der Waals surface area contributed by atoms with Crippen molar-refractivity contribution < 1.29 is 0 Å². The van der Waals surface area contributed by atoms with E-state index in [0.29, 0.717) is 5.78 Å². The summed E-state index contributed by atoms with van der Waals surface area (Å²) in [5, 5.41) is 8.18. The second-order valence-corrected chi connectivity index (χ2v) is 3.82. The van der Waals surface area contributed by atoms with Gasteiger partial charge >= 0.3 is 0 Å². The van der Waals surface area contributed by atoms with Gasteiger partial charge in [-0.2, -0.15) is 0 Å². The van der Waals surface area contributed by atoms with E-state index in [0.717, 1.165) is 23.5 Å². The van der Waals surface area contributed by atoms with Crippen LogP contribution in [-0.4, -0.2) is 19.6 Å². The highest BCUT2D eigenvalue weighted by molar-refractivity contribution is 5.60. The lowest BCUT2D eigenvalue weighted by atomic mass is 10.1. The molecule has 17 heavy (non-hydrogen) atoms. The Balaban J connectivity index is 2.15. The normalized spacial score (nSPS) is 10.9. The molecule has 1 aromatic carbocycles. The first kappa shape index (κ1) is 9.96. The summed E-state index contributed by atoms with van der Waals surface area (Å²) in [6.07, 6.45) is 2.83. The maximum absolute atomic E-state index is 4.50.